The number of nitrogens with one attached hydrogen (secondary N) is 1. The summed E-state index contributed by atoms with van der Waals surface area (Å²) in [4.78, 5) is 13.9. The molecule has 1 fully saturated rings. The van der Waals surface area contributed by atoms with Gasteiger partial charge in [0.2, 0.25) is 5.91 Å². The van der Waals surface area contributed by atoms with Crippen molar-refractivity contribution in [3.8, 4) is 0 Å². The summed E-state index contributed by atoms with van der Waals surface area (Å²) in [5.74, 6) is 0.553. The van der Waals surface area contributed by atoms with Gasteiger partial charge in [-0.15, -0.1) is 0 Å². The van der Waals surface area contributed by atoms with E-state index in [4.69, 9.17) is 0 Å². The van der Waals surface area contributed by atoms with Crippen LogP contribution in [0.1, 0.15) is 38.7 Å². The number of carbonyl (C=O) groups excluding carboxylic acids is 1. The molecule has 0 radical (unpaired) electrons. The molecule has 0 atom stereocenters. The van der Waals surface area contributed by atoms with Gasteiger partial charge in [-0.05, 0) is 75.9 Å². The number of hydrogen-bond acceptors (Lipinski definition) is 2. The van der Waals surface area contributed by atoms with Gasteiger partial charge in [-0.25, -0.2) is 0 Å². The highest BCUT2D eigenvalue weighted by molar-refractivity contribution is 5.75. The van der Waals surface area contributed by atoms with Crippen LogP contribution in [0.25, 0.3) is 0 Å². The van der Waals surface area contributed by atoms with E-state index in [1.807, 2.05) is 6.08 Å². The normalized spacial score (nSPS) is 17.2. The van der Waals surface area contributed by atoms with Crippen LogP contribution in [0.5, 0.6) is 0 Å². The first-order valence-electron chi connectivity index (χ1n) is 9.63. The number of likely N-dealkylation sites (tertiary alicyclic amines) is 1. The van der Waals surface area contributed by atoms with E-state index in [0.29, 0.717) is 5.92 Å². The number of carbonyl (C=O) groups is 1. The average molecular weight is 353 g/mol. The van der Waals surface area contributed by atoms with Crippen molar-refractivity contribution in [2.24, 2.45) is 5.92 Å². The van der Waals surface area contributed by atoms with E-state index in [2.05, 4.69) is 60.1 Å². The highest BCUT2D eigenvalue weighted by Gasteiger charge is 2.20. The average Bonchev–Trinajstić information content (AvgIpc) is 2.63. The summed E-state index contributed by atoms with van der Waals surface area (Å²) in [6.45, 7) is 10.9. The van der Waals surface area contributed by atoms with Crippen LogP contribution in [-0.4, -0.2) is 30.4 Å². The Morgan fingerprint density at radius 3 is 2.54 bits per heavy atom. The molecule has 3 heteroatoms. The molecule has 1 N–H and O–H groups in total. The summed E-state index contributed by atoms with van der Waals surface area (Å²) in [6, 6.07) is 10.7. The number of amides is 1. The number of benzene rings is 1. The Hall–Kier alpha value is -2.13. The van der Waals surface area contributed by atoms with Gasteiger partial charge in [-0.2, -0.15) is 0 Å². The molecule has 0 saturated carbocycles. The number of rotatable bonds is 8. The first-order valence-corrected chi connectivity index (χ1v) is 9.63. The molecule has 1 aromatic carbocycles. The molecule has 1 heterocycles. The first kappa shape index (κ1) is 20.2. The number of aryl methyl sites for hydroxylation is 1. The number of piperidine rings is 1. The van der Waals surface area contributed by atoms with E-state index in [1.165, 1.54) is 43.9 Å². The van der Waals surface area contributed by atoms with Crippen LogP contribution in [-0.2, 0) is 11.2 Å². The Bertz CT molecular complexity index is 637. The molecular formula is C23H32N2O. The predicted octanol–water partition coefficient (Wildman–Crippen LogP) is 4.48. The molecule has 1 aliphatic rings. The molecule has 0 aromatic heterocycles. The van der Waals surface area contributed by atoms with Gasteiger partial charge in [0.05, 0.1) is 0 Å². The number of nitrogens with zero attached hydrogens (tertiary/aromatic N) is 1. The molecule has 3 nitrogen and oxygen atoms in total. The van der Waals surface area contributed by atoms with Crippen molar-refractivity contribution < 1.29 is 4.79 Å². The molecule has 1 saturated heterocycles. The van der Waals surface area contributed by atoms with Crippen LogP contribution < -0.4 is 5.32 Å². The van der Waals surface area contributed by atoms with Crippen molar-refractivity contribution in [2.45, 2.75) is 39.5 Å². The quantitative estimate of drug-likeness (QED) is 0.700. The topological polar surface area (TPSA) is 32.3 Å². The standard InChI is InChI=1S/C23H32N2O/c1-4-9-23(24-20(3)26)18-19(2)22-13-16-25(17-14-22)15-8-12-21-10-6-5-7-11-21/h4-7,9-11,18,22H,1,8,12-17H2,2-3H3,(H,24,26)/b19-18+,23-9+. The summed E-state index contributed by atoms with van der Waals surface area (Å²) in [7, 11) is 0. The molecule has 1 aliphatic heterocycles. The van der Waals surface area contributed by atoms with Gasteiger partial charge in [0.25, 0.3) is 0 Å². The fourth-order valence-corrected chi connectivity index (χ4v) is 3.58. The van der Waals surface area contributed by atoms with E-state index in [-0.39, 0.29) is 5.91 Å². The maximum Gasteiger partial charge on any atom is 0.221 e. The van der Waals surface area contributed by atoms with Crippen molar-refractivity contribution >= 4 is 5.91 Å². The van der Waals surface area contributed by atoms with Gasteiger partial charge in [-0.1, -0.05) is 48.6 Å². The van der Waals surface area contributed by atoms with Gasteiger partial charge in [0.15, 0.2) is 0 Å². The Labute approximate surface area is 158 Å². The molecule has 0 spiro atoms. The maximum atomic E-state index is 11.3. The van der Waals surface area contributed by atoms with Crippen LogP contribution in [0.3, 0.4) is 0 Å². The second-order valence-electron chi connectivity index (χ2n) is 7.13. The smallest absolute Gasteiger partial charge is 0.221 e. The lowest BCUT2D eigenvalue weighted by atomic mass is 9.89. The van der Waals surface area contributed by atoms with Crippen molar-refractivity contribution in [1.82, 2.24) is 10.2 Å². The lowest BCUT2D eigenvalue weighted by molar-refractivity contribution is -0.118. The SMILES string of the molecule is C=C/C=C(\C=C(/C)C1CCN(CCCc2ccccc2)CC1)NC(C)=O. The zero-order chi connectivity index (χ0) is 18.8. The van der Waals surface area contributed by atoms with Crippen molar-refractivity contribution in [3.05, 3.63) is 72.0 Å². The molecule has 0 bridgehead atoms. The highest BCUT2D eigenvalue weighted by Crippen LogP contribution is 2.25. The maximum absolute atomic E-state index is 11.3. The van der Waals surface area contributed by atoms with Gasteiger partial charge >= 0.3 is 0 Å². The number of hydrogen-bond donors (Lipinski definition) is 1. The Morgan fingerprint density at radius 2 is 1.92 bits per heavy atom. The summed E-state index contributed by atoms with van der Waals surface area (Å²) < 4.78 is 0. The fourth-order valence-electron chi connectivity index (χ4n) is 3.58. The lowest BCUT2D eigenvalue weighted by Gasteiger charge is -2.32. The van der Waals surface area contributed by atoms with Crippen molar-refractivity contribution in [2.75, 3.05) is 19.6 Å². The van der Waals surface area contributed by atoms with E-state index in [1.54, 1.807) is 6.08 Å². The van der Waals surface area contributed by atoms with E-state index < -0.39 is 0 Å². The monoisotopic (exact) mass is 352 g/mol. The summed E-state index contributed by atoms with van der Waals surface area (Å²) in [5.41, 5.74) is 3.60. The van der Waals surface area contributed by atoms with Crippen LogP contribution in [0.4, 0.5) is 0 Å². The second-order valence-corrected chi connectivity index (χ2v) is 7.13. The largest absolute Gasteiger partial charge is 0.326 e. The number of allylic oxidation sites excluding steroid dienone is 4. The van der Waals surface area contributed by atoms with E-state index in [0.717, 1.165) is 25.2 Å². The third kappa shape index (κ3) is 7.01. The summed E-state index contributed by atoms with van der Waals surface area (Å²) >= 11 is 0. The Kier molecular flexibility index (Phi) is 8.36. The predicted molar refractivity (Wildman–Crippen MR) is 110 cm³/mol. The molecule has 0 aliphatic carbocycles. The third-order valence-corrected chi connectivity index (χ3v) is 5.02. The van der Waals surface area contributed by atoms with Crippen molar-refractivity contribution in [1.29, 1.82) is 0 Å². The zero-order valence-corrected chi connectivity index (χ0v) is 16.2. The molecule has 140 valence electrons. The molecule has 1 amide bonds. The Morgan fingerprint density at radius 1 is 1.23 bits per heavy atom. The molecule has 2 rings (SSSR count). The zero-order valence-electron chi connectivity index (χ0n) is 16.2. The second kappa shape index (κ2) is 10.8. The molecule has 0 unspecified atom stereocenters. The fraction of sp³-hybridized carbons (Fsp3) is 0.435. The summed E-state index contributed by atoms with van der Waals surface area (Å²) in [5, 5.41) is 2.87. The minimum absolute atomic E-state index is 0.0459. The van der Waals surface area contributed by atoms with E-state index >= 15 is 0 Å². The van der Waals surface area contributed by atoms with Crippen LogP contribution in [0.15, 0.2) is 66.4 Å². The molecule has 1 aromatic rings. The van der Waals surface area contributed by atoms with Crippen LogP contribution in [0, 0.1) is 5.92 Å². The minimum Gasteiger partial charge on any atom is -0.326 e. The van der Waals surface area contributed by atoms with Gasteiger partial charge < -0.3 is 10.2 Å². The van der Waals surface area contributed by atoms with Crippen LogP contribution in [0.2, 0.25) is 0 Å². The Balaban J connectivity index is 1.77. The third-order valence-electron chi connectivity index (χ3n) is 5.02. The van der Waals surface area contributed by atoms with Gasteiger partial charge in [-0.3, -0.25) is 4.79 Å². The first-order chi connectivity index (χ1) is 12.6. The summed E-state index contributed by atoms with van der Waals surface area (Å²) in [6.07, 6.45) is 10.4. The van der Waals surface area contributed by atoms with Crippen LogP contribution >= 0.6 is 0 Å². The van der Waals surface area contributed by atoms with Gasteiger partial charge in [0, 0.05) is 12.6 Å². The minimum atomic E-state index is -0.0459. The van der Waals surface area contributed by atoms with Gasteiger partial charge in [0.1, 0.15) is 0 Å². The lowest BCUT2D eigenvalue weighted by Crippen LogP contribution is -2.35. The molecular weight excluding hydrogens is 320 g/mol. The van der Waals surface area contributed by atoms with E-state index in [9.17, 15) is 4.79 Å². The molecule has 26 heavy (non-hydrogen) atoms. The van der Waals surface area contributed by atoms with Crippen molar-refractivity contribution in [3.63, 3.8) is 0 Å². The highest BCUT2D eigenvalue weighted by atomic mass is 16.1.